The molecule has 5 heteroatoms. The summed E-state index contributed by atoms with van der Waals surface area (Å²) >= 11 is 1.75. The number of aliphatic hydroxyl groups excluding tert-OH is 1. The Morgan fingerprint density at radius 3 is 2.81 bits per heavy atom. The standard InChI is InChI=1S/C16H20N2O2S/c1-12-14(16(20)18-9-10-19)5-2-6-15(12)17-8-7-13-4-3-11-21-13/h2-6,11,17,19H,7-10H2,1H3,(H,18,20). The van der Waals surface area contributed by atoms with Crippen molar-refractivity contribution in [2.75, 3.05) is 25.0 Å². The van der Waals surface area contributed by atoms with E-state index < -0.39 is 0 Å². The molecule has 3 N–H and O–H groups in total. The van der Waals surface area contributed by atoms with E-state index in [-0.39, 0.29) is 19.1 Å². The number of amides is 1. The number of carbonyl (C=O) groups excluding carboxylic acids is 1. The van der Waals surface area contributed by atoms with Gasteiger partial charge in [0.25, 0.3) is 5.91 Å². The van der Waals surface area contributed by atoms with Crippen molar-refractivity contribution in [3.8, 4) is 0 Å². The van der Waals surface area contributed by atoms with Crippen LogP contribution in [0.3, 0.4) is 0 Å². The van der Waals surface area contributed by atoms with Gasteiger partial charge in [0.05, 0.1) is 6.61 Å². The first kappa shape index (κ1) is 15.5. The van der Waals surface area contributed by atoms with Gasteiger partial charge in [0.15, 0.2) is 0 Å². The Morgan fingerprint density at radius 2 is 2.10 bits per heavy atom. The first-order valence-electron chi connectivity index (χ1n) is 6.97. The van der Waals surface area contributed by atoms with Gasteiger partial charge in [-0.3, -0.25) is 4.79 Å². The van der Waals surface area contributed by atoms with Crippen LogP contribution in [0.5, 0.6) is 0 Å². The second-order valence-corrected chi connectivity index (χ2v) is 5.75. The Morgan fingerprint density at radius 1 is 1.24 bits per heavy atom. The number of benzene rings is 1. The molecule has 0 atom stereocenters. The van der Waals surface area contributed by atoms with Crippen LogP contribution >= 0.6 is 11.3 Å². The lowest BCUT2D eigenvalue weighted by molar-refractivity contribution is 0.0944. The highest BCUT2D eigenvalue weighted by Gasteiger charge is 2.10. The molecule has 2 aromatic rings. The highest BCUT2D eigenvalue weighted by Crippen LogP contribution is 2.19. The molecule has 0 bridgehead atoms. The zero-order valence-corrected chi connectivity index (χ0v) is 12.9. The van der Waals surface area contributed by atoms with Crippen LogP contribution in [0.25, 0.3) is 0 Å². The van der Waals surface area contributed by atoms with Crippen LogP contribution in [-0.2, 0) is 6.42 Å². The number of carbonyl (C=O) groups is 1. The number of hydrogen-bond donors (Lipinski definition) is 3. The van der Waals surface area contributed by atoms with Crippen molar-refractivity contribution < 1.29 is 9.90 Å². The van der Waals surface area contributed by atoms with E-state index in [0.29, 0.717) is 5.56 Å². The average Bonchev–Trinajstić information content (AvgIpc) is 3.00. The first-order valence-corrected chi connectivity index (χ1v) is 7.85. The fourth-order valence-corrected chi connectivity index (χ4v) is 2.82. The molecule has 0 radical (unpaired) electrons. The summed E-state index contributed by atoms with van der Waals surface area (Å²) in [5.74, 6) is -0.150. The summed E-state index contributed by atoms with van der Waals surface area (Å²) in [6.07, 6.45) is 0.970. The molecule has 2 rings (SSSR count). The van der Waals surface area contributed by atoms with Crippen LogP contribution in [0, 0.1) is 6.92 Å². The molecule has 1 amide bonds. The summed E-state index contributed by atoms with van der Waals surface area (Å²) < 4.78 is 0. The lowest BCUT2D eigenvalue weighted by atomic mass is 10.1. The minimum absolute atomic E-state index is 0.0520. The van der Waals surface area contributed by atoms with E-state index >= 15 is 0 Å². The predicted molar refractivity (Wildman–Crippen MR) is 87.1 cm³/mol. The molecule has 0 aliphatic carbocycles. The maximum absolute atomic E-state index is 12.0. The van der Waals surface area contributed by atoms with Gasteiger partial charge < -0.3 is 15.7 Å². The van der Waals surface area contributed by atoms with Gasteiger partial charge >= 0.3 is 0 Å². The molecule has 112 valence electrons. The highest BCUT2D eigenvalue weighted by atomic mass is 32.1. The third-order valence-electron chi connectivity index (χ3n) is 3.24. The van der Waals surface area contributed by atoms with Gasteiger partial charge in [-0.2, -0.15) is 0 Å². The van der Waals surface area contributed by atoms with Gasteiger partial charge in [-0.05, 0) is 42.5 Å². The molecule has 4 nitrogen and oxygen atoms in total. The SMILES string of the molecule is Cc1c(NCCc2cccs2)cccc1C(=O)NCCO. The van der Waals surface area contributed by atoms with Crippen molar-refractivity contribution >= 4 is 22.9 Å². The molecule has 1 aromatic carbocycles. The Hall–Kier alpha value is -1.85. The molecule has 0 spiro atoms. The van der Waals surface area contributed by atoms with Crippen molar-refractivity contribution in [1.29, 1.82) is 0 Å². The largest absolute Gasteiger partial charge is 0.395 e. The molecular weight excluding hydrogens is 284 g/mol. The molecule has 0 saturated carbocycles. The van der Waals surface area contributed by atoms with Crippen molar-refractivity contribution in [3.63, 3.8) is 0 Å². The van der Waals surface area contributed by atoms with E-state index in [2.05, 4.69) is 28.1 Å². The Kier molecular flexibility index (Phi) is 5.78. The average molecular weight is 304 g/mol. The van der Waals surface area contributed by atoms with Crippen LogP contribution in [0.2, 0.25) is 0 Å². The summed E-state index contributed by atoms with van der Waals surface area (Å²) in [5, 5.41) is 16.9. The van der Waals surface area contributed by atoms with Crippen LogP contribution in [0.1, 0.15) is 20.8 Å². The summed E-state index contributed by atoms with van der Waals surface area (Å²) in [5.41, 5.74) is 2.55. The van der Waals surface area contributed by atoms with Gasteiger partial charge in [-0.15, -0.1) is 11.3 Å². The summed E-state index contributed by atoms with van der Waals surface area (Å²) in [7, 11) is 0. The van der Waals surface area contributed by atoms with E-state index in [1.54, 1.807) is 17.4 Å². The number of nitrogens with one attached hydrogen (secondary N) is 2. The Balaban J connectivity index is 1.98. The summed E-state index contributed by atoms with van der Waals surface area (Å²) in [4.78, 5) is 13.3. The number of anilines is 1. The summed E-state index contributed by atoms with van der Waals surface area (Å²) in [6, 6.07) is 9.82. The lowest BCUT2D eigenvalue weighted by Gasteiger charge is -2.13. The molecule has 0 aliphatic rings. The second-order valence-electron chi connectivity index (χ2n) is 4.71. The monoisotopic (exact) mass is 304 g/mol. The van der Waals surface area contributed by atoms with Gasteiger partial charge in [0.2, 0.25) is 0 Å². The Bertz CT molecular complexity index is 582. The smallest absolute Gasteiger partial charge is 0.251 e. The zero-order chi connectivity index (χ0) is 15.1. The van der Waals surface area contributed by atoms with Crippen LogP contribution in [0.15, 0.2) is 35.7 Å². The fourth-order valence-electron chi connectivity index (χ4n) is 2.11. The number of hydrogen-bond acceptors (Lipinski definition) is 4. The quantitative estimate of drug-likeness (QED) is 0.736. The van der Waals surface area contributed by atoms with Crippen LogP contribution in [-0.4, -0.2) is 30.7 Å². The second kappa shape index (κ2) is 7.81. The minimum atomic E-state index is -0.150. The van der Waals surface area contributed by atoms with Gasteiger partial charge in [-0.1, -0.05) is 12.1 Å². The van der Waals surface area contributed by atoms with Crippen LogP contribution < -0.4 is 10.6 Å². The van der Waals surface area contributed by atoms with Crippen molar-refractivity contribution in [3.05, 3.63) is 51.7 Å². The van der Waals surface area contributed by atoms with Crippen molar-refractivity contribution in [1.82, 2.24) is 5.32 Å². The molecular formula is C16H20N2O2S. The lowest BCUT2D eigenvalue weighted by Crippen LogP contribution is -2.27. The molecule has 1 heterocycles. The molecule has 1 aromatic heterocycles. The van der Waals surface area contributed by atoms with Gasteiger partial charge in [0.1, 0.15) is 0 Å². The number of aliphatic hydroxyl groups is 1. The zero-order valence-electron chi connectivity index (χ0n) is 12.1. The highest BCUT2D eigenvalue weighted by molar-refractivity contribution is 7.09. The van der Waals surface area contributed by atoms with Crippen LogP contribution in [0.4, 0.5) is 5.69 Å². The van der Waals surface area contributed by atoms with E-state index in [9.17, 15) is 4.79 Å². The topological polar surface area (TPSA) is 61.4 Å². The Labute approximate surface area is 128 Å². The molecule has 21 heavy (non-hydrogen) atoms. The predicted octanol–water partition coefficient (Wildman–Crippen LogP) is 2.43. The molecule has 0 saturated heterocycles. The minimum Gasteiger partial charge on any atom is -0.395 e. The fraction of sp³-hybridized carbons (Fsp3) is 0.312. The van der Waals surface area contributed by atoms with E-state index in [0.717, 1.165) is 24.2 Å². The van der Waals surface area contributed by atoms with Crippen molar-refractivity contribution in [2.24, 2.45) is 0 Å². The number of thiophene rings is 1. The van der Waals surface area contributed by atoms with Gasteiger partial charge in [-0.25, -0.2) is 0 Å². The molecule has 0 unspecified atom stereocenters. The van der Waals surface area contributed by atoms with E-state index in [1.165, 1.54) is 4.88 Å². The van der Waals surface area contributed by atoms with Crippen molar-refractivity contribution in [2.45, 2.75) is 13.3 Å². The first-order chi connectivity index (χ1) is 10.2. The van der Waals surface area contributed by atoms with E-state index in [1.807, 2.05) is 19.1 Å². The maximum Gasteiger partial charge on any atom is 0.251 e. The van der Waals surface area contributed by atoms with Gasteiger partial charge in [0, 0.05) is 29.2 Å². The normalized spacial score (nSPS) is 10.4. The third-order valence-corrected chi connectivity index (χ3v) is 4.18. The number of rotatable bonds is 7. The molecule has 0 fully saturated rings. The third kappa shape index (κ3) is 4.31. The summed E-state index contributed by atoms with van der Waals surface area (Å²) in [6.45, 7) is 2.99. The molecule has 0 aliphatic heterocycles. The van der Waals surface area contributed by atoms with E-state index in [4.69, 9.17) is 5.11 Å². The maximum atomic E-state index is 12.0.